The number of carbonyl (C=O) groups excluding carboxylic acids is 2. The standard InChI is InChI=1S/C21H17N5O2/c1-13(27)24-17-2-4-18(14-6-8-22-9-7-14)19(11-17)21(28)25-16-3-5-20-15(10-16)12-23-26-20/h2-12H,1H3,(H,23,26)(H,24,27)(H,25,28). The Labute approximate surface area is 160 Å². The molecule has 0 unspecified atom stereocenters. The molecule has 0 radical (unpaired) electrons. The van der Waals surface area contributed by atoms with Crippen LogP contribution in [0, 0.1) is 0 Å². The average Bonchev–Trinajstić information content (AvgIpc) is 3.16. The molecular formula is C21H17N5O2. The molecule has 0 bridgehead atoms. The third-order valence-electron chi connectivity index (χ3n) is 4.27. The molecular weight excluding hydrogens is 354 g/mol. The van der Waals surface area contributed by atoms with Gasteiger partial charge in [-0.2, -0.15) is 5.10 Å². The Morgan fingerprint density at radius 1 is 0.929 bits per heavy atom. The normalized spacial score (nSPS) is 10.6. The monoisotopic (exact) mass is 371 g/mol. The molecule has 0 spiro atoms. The highest BCUT2D eigenvalue weighted by Crippen LogP contribution is 2.27. The summed E-state index contributed by atoms with van der Waals surface area (Å²) in [6.45, 7) is 1.43. The van der Waals surface area contributed by atoms with Crippen LogP contribution in [0.5, 0.6) is 0 Å². The Hall–Kier alpha value is -4.00. The molecule has 2 aromatic heterocycles. The van der Waals surface area contributed by atoms with Crippen molar-refractivity contribution in [2.24, 2.45) is 0 Å². The quantitative estimate of drug-likeness (QED) is 0.507. The fraction of sp³-hybridized carbons (Fsp3) is 0.0476. The van der Waals surface area contributed by atoms with E-state index in [-0.39, 0.29) is 11.8 Å². The van der Waals surface area contributed by atoms with Gasteiger partial charge in [-0.25, -0.2) is 0 Å². The van der Waals surface area contributed by atoms with Crippen LogP contribution in [0.25, 0.3) is 22.0 Å². The van der Waals surface area contributed by atoms with Crippen LogP contribution in [-0.2, 0) is 4.79 Å². The molecule has 0 saturated heterocycles. The van der Waals surface area contributed by atoms with E-state index in [1.165, 1.54) is 6.92 Å². The minimum absolute atomic E-state index is 0.201. The van der Waals surface area contributed by atoms with Gasteiger partial charge in [0, 0.05) is 41.6 Å². The van der Waals surface area contributed by atoms with Crippen LogP contribution in [0.1, 0.15) is 17.3 Å². The number of H-pyrrole nitrogens is 1. The number of anilines is 2. The van der Waals surface area contributed by atoms with Crippen LogP contribution in [0.4, 0.5) is 11.4 Å². The van der Waals surface area contributed by atoms with Crippen molar-refractivity contribution in [3.63, 3.8) is 0 Å². The number of hydrogen-bond donors (Lipinski definition) is 3. The van der Waals surface area contributed by atoms with Crippen molar-refractivity contribution >= 4 is 34.1 Å². The highest BCUT2D eigenvalue weighted by molar-refractivity contribution is 6.10. The Morgan fingerprint density at radius 2 is 1.68 bits per heavy atom. The van der Waals surface area contributed by atoms with Gasteiger partial charge in [0.15, 0.2) is 0 Å². The molecule has 7 nitrogen and oxygen atoms in total. The smallest absolute Gasteiger partial charge is 0.256 e. The van der Waals surface area contributed by atoms with Gasteiger partial charge in [0.25, 0.3) is 5.91 Å². The Kier molecular flexibility index (Phi) is 4.55. The number of hydrogen-bond acceptors (Lipinski definition) is 4. The van der Waals surface area contributed by atoms with Gasteiger partial charge >= 0.3 is 0 Å². The molecule has 0 saturated carbocycles. The lowest BCUT2D eigenvalue weighted by Crippen LogP contribution is -2.14. The molecule has 2 amide bonds. The molecule has 0 aliphatic carbocycles. The highest BCUT2D eigenvalue weighted by Gasteiger charge is 2.15. The van der Waals surface area contributed by atoms with Crippen molar-refractivity contribution in [1.29, 1.82) is 0 Å². The zero-order valence-electron chi connectivity index (χ0n) is 15.1. The van der Waals surface area contributed by atoms with Crippen molar-refractivity contribution in [2.45, 2.75) is 6.92 Å². The van der Waals surface area contributed by atoms with Crippen molar-refractivity contribution in [2.75, 3.05) is 10.6 Å². The SMILES string of the molecule is CC(=O)Nc1ccc(-c2ccncc2)c(C(=O)Nc2ccc3[nH]ncc3c2)c1. The van der Waals surface area contributed by atoms with Gasteiger partial charge in [0.1, 0.15) is 0 Å². The molecule has 3 N–H and O–H groups in total. The zero-order valence-corrected chi connectivity index (χ0v) is 15.1. The van der Waals surface area contributed by atoms with Crippen molar-refractivity contribution in [3.8, 4) is 11.1 Å². The summed E-state index contributed by atoms with van der Waals surface area (Å²) in [4.78, 5) is 28.5. The molecule has 28 heavy (non-hydrogen) atoms. The third-order valence-corrected chi connectivity index (χ3v) is 4.27. The van der Waals surface area contributed by atoms with Crippen LogP contribution in [0.3, 0.4) is 0 Å². The average molecular weight is 371 g/mol. The first-order chi connectivity index (χ1) is 13.6. The summed E-state index contributed by atoms with van der Waals surface area (Å²) in [5, 5.41) is 13.4. The molecule has 2 heterocycles. The van der Waals surface area contributed by atoms with Gasteiger partial charge in [-0.05, 0) is 53.6 Å². The van der Waals surface area contributed by atoms with Gasteiger partial charge in [-0.15, -0.1) is 0 Å². The topological polar surface area (TPSA) is 99.8 Å². The van der Waals surface area contributed by atoms with E-state index < -0.39 is 0 Å². The van der Waals surface area contributed by atoms with Crippen LogP contribution in [0.2, 0.25) is 0 Å². The van der Waals surface area contributed by atoms with E-state index in [1.807, 2.05) is 36.4 Å². The number of carbonyl (C=O) groups is 2. The van der Waals surface area contributed by atoms with Crippen molar-refractivity contribution in [3.05, 3.63) is 72.7 Å². The minimum Gasteiger partial charge on any atom is -0.326 e. The van der Waals surface area contributed by atoms with E-state index in [2.05, 4.69) is 25.8 Å². The predicted octanol–water partition coefficient (Wildman–Crippen LogP) is 3.84. The Balaban J connectivity index is 1.72. The Morgan fingerprint density at radius 3 is 2.46 bits per heavy atom. The van der Waals surface area contributed by atoms with Gasteiger partial charge in [-0.1, -0.05) is 6.07 Å². The first kappa shape index (κ1) is 17.4. The number of aromatic amines is 1. The van der Waals surface area contributed by atoms with Crippen LogP contribution < -0.4 is 10.6 Å². The van der Waals surface area contributed by atoms with E-state index in [1.54, 1.807) is 30.7 Å². The van der Waals surface area contributed by atoms with Crippen LogP contribution in [-0.4, -0.2) is 27.0 Å². The van der Waals surface area contributed by atoms with Crippen molar-refractivity contribution in [1.82, 2.24) is 15.2 Å². The first-order valence-corrected chi connectivity index (χ1v) is 8.67. The van der Waals surface area contributed by atoms with Gasteiger partial charge in [0.2, 0.25) is 5.91 Å². The van der Waals surface area contributed by atoms with Gasteiger partial charge < -0.3 is 10.6 Å². The van der Waals surface area contributed by atoms with Crippen LogP contribution in [0.15, 0.2) is 67.1 Å². The molecule has 4 rings (SSSR count). The summed E-state index contributed by atoms with van der Waals surface area (Å²) in [6, 6.07) is 14.4. The summed E-state index contributed by atoms with van der Waals surface area (Å²) in [5.41, 5.74) is 4.16. The molecule has 0 aliphatic heterocycles. The number of benzene rings is 2. The maximum Gasteiger partial charge on any atom is 0.256 e. The third kappa shape index (κ3) is 3.59. The molecule has 138 valence electrons. The van der Waals surface area contributed by atoms with Crippen molar-refractivity contribution < 1.29 is 9.59 Å². The van der Waals surface area contributed by atoms with E-state index in [0.717, 1.165) is 22.0 Å². The molecule has 2 aromatic carbocycles. The predicted molar refractivity (Wildman–Crippen MR) is 108 cm³/mol. The Bertz CT molecular complexity index is 1170. The number of aromatic nitrogens is 3. The number of nitrogens with zero attached hydrogens (tertiary/aromatic N) is 2. The summed E-state index contributed by atoms with van der Waals surface area (Å²) >= 11 is 0. The second-order valence-corrected chi connectivity index (χ2v) is 6.30. The lowest BCUT2D eigenvalue weighted by Gasteiger charge is -2.13. The first-order valence-electron chi connectivity index (χ1n) is 8.67. The second kappa shape index (κ2) is 7.32. The lowest BCUT2D eigenvalue weighted by molar-refractivity contribution is -0.114. The maximum absolute atomic E-state index is 13.1. The van der Waals surface area contributed by atoms with E-state index in [4.69, 9.17) is 0 Å². The number of fused-ring (bicyclic) bond motifs is 1. The molecule has 0 atom stereocenters. The number of pyridine rings is 1. The molecule has 0 aliphatic rings. The minimum atomic E-state index is -0.276. The summed E-state index contributed by atoms with van der Waals surface area (Å²) in [6.07, 6.45) is 5.04. The molecule has 0 fully saturated rings. The van der Waals surface area contributed by atoms with Gasteiger partial charge in [0.05, 0.1) is 11.7 Å². The highest BCUT2D eigenvalue weighted by atomic mass is 16.2. The maximum atomic E-state index is 13.1. The number of rotatable bonds is 4. The van der Waals surface area contributed by atoms with E-state index in [9.17, 15) is 9.59 Å². The fourth-order valence-corrected chi connectivity index (χ4v) is 3.02. The second-order valence-electron chi connectivity index (χ2n) is 6.30. The van der Waals surface area contributed by atoms with E-state index in [0.29, 0.717) is 16.9 Å². The zero-order chi connectivity index (χ0) is 19.5. The summed E-state index contributed by atoms with van der Waals surface area (Å²) in [5.74, 6) is -0.477. The summed E-state index contributed by atoms with van der Waals surface area (Å²) in [7, 11) is 0. The van der Waals surface area contributed by atoms with E-state index >= 15 is 0 Å². The number of amides is 2. The molecule has 4 aromatic rings. The summed E-state index contributed by atoms with van der Waals surface area (Å²) < 4.78 is 0. The molecule has 7 heteroatoms. The fourth-order valence-electron chi connectivity index (χ4n) is 3.02. The van der Waals surface area contributed by atoms with Gasteiger partial charge in [-0.3, -0.25) is 19.7 Å². The lowest BCUT2D eigenvalue weighted by atomic mass is 9.99. The van der Waals surface area contributed by atoms with Crippen LogP contribution >= 0.6 is 0 Å². The number of nitrogens with one attached hydrogen (secondary N) is 3. The largest absolute Gasteiger partial charge is 0.326 e.